The number of halogens is 1. The molecule has 3 heterocycles. The number of rotatable bonds is 7. The third kappa shape index (κ3) is 4.82. The van der Waals surface area contributed by atoms with Gasteiger partial charge in [-0.05, 0) is 30.7 Å². The van der Waals surface area contributed by atoms with E-state index in [4.69, 9.17) is 4.74 Å². The van der Waals surface area contributed by atoms with Crippen molar-refractivity contribution in [3.8, 4) is 0 Å². The molecule has 7 nitrogen and oxygen atoms in total. The largest absolute Gasteiger partial charge is 0.379 e. The summed E-state index contributed by atoms with van der Waals surface area (Å²) in [6.07, 6.45) is 0.917. The Morgan fingerprint density at radius 3 is 2.71 bits per heavy atom. The summed E-state index contributed by atoms with van der Waals surface area (Å²) in [5.41, 5.74) is 1.07. The van der Waals surface area contributed by atoms with Crippen LogP contribution in [-0.4, -0.2) is 67.6 Å². The molecule has 5 rings (SSSR count). The Kier molecular flexibility index (Phi) is 6.85. The summed E-state index contributed by atoms with van der Waals surface area (Å²) in [7, 11) is 0. The Morgan fingerprint density at radius 2 is 1.94 bits per heavy atom. The van der Waals surface area contributed by atoms with Gasteiger partial charge in [-0.1, -0.05) is 35.6 Å². The monoisotopic (exact) mass is 482 g/mol. The van der Waals surface area contributed by atoms with Gasteiger partial charge >= 0.3 is 0 Å². The lowest BCUT2D eigenvalue weighted by Crippen LogP contribution is -2.41. The van der Waals surface area contributed by atoms with E-state index < -0.39 is 11.7 Å². The summed E-state index contributed by atoms with van der Waals surface area (Å²) in [5.74, 6) is -1.05. The van der Waals surface area contributed by atoms with Gasteiger partial charge in [-0.2, -0.15) is 0 Å². The maximum absolute atomic E-state index is 14.3. The van der Waals surface area contributed by atoms with E-state index in [0.29, 0.717) is 22.9 Å². The lowest BCUT2D eigenvalue weighted by molar-refractivity contribution is -0.124. The van der Waals surface area contributed by atoms with Crippen molar-refractivity contribution in [2.45, 2.75) is 12.8 Å². The SMILES string of the molecule is O=C1CC(C(=O)N(CCCN2CCOCC2)c2nc3c(F)cccc3s2)CN1c1ccccc1. The summed E-state index contributed by atoms with van der Waals surface area (Å²) in [6.45, 7) is 4.84. The molecule has 2 fully saturated rings. The molecule has 2 aromatic carbocycles. The van der Waals surface area contributed by atoms with Gasteiger partial charge in [0.05, 0.1) is 23.8 Å². The van der Waals surface area contributed by atoms with E-state index in [1.54, 1.807) is 15.9 Å². The van der Waals surface area contributed by atoms with Gasteiger partial charge in [0, 0.05) is 44.8 Å². The maximum atomic E-state index is 14.3. The van der Waals surface area contributed by atoms with E-state index >= 15 is 0 Å². The number of amides is 2. The number of benzene rings is 2. The smallest absolute Gasteiger partial charge is 0.234 e. The molecule has 9 heteroatoms. The molecule has 2 aliphatic heterocycles. The van der Waals surface area contributed by atoms with Crippen molar-refractivity contribution in [2.75, 3.05) is 55.7 Å². The summed E-state index contributed by atoms with van der Waals surface area (Å²) in [6, 6.07) is 14.3. The van der Waals surface area contributed by atoms with Crippen molar-refractivity contribution in [3.05, 3.63) is 54.3 Å². The highest BCUT2D eigenvalue weighted by atomic mass is 32.1. The number of fused-ring (bicyclic) bond motifs is 1. The Bertz CT molecular complexity index is 1170. The number of para-hydroxylation sites is 2. The topological polar surface area (TPSA) is 66.0 Å². The molecule has 0 aliphatic carbocycles. The lowest BCUT2D eigenvalue weighted by atomic mass is 10.1. The van der Waals surface area contributed by atoms with Crippen LogP contribution in [0.3, 0.4) is 0 Å². The molecule has 178 valence electrons. The highest BCUT2D eigenvalue weighted by Gasteiger charge is 2.38. The standard InChI is InChI=1S/C25H27FN4O3S/c26-20-8-4-9-21-23(20)27-25(34-21)29(11-5-10-28-12-14-33-15-13-28)24(32)18-16-22(31)30(17-18)19-6-2-1-3-7-19/h1-4,6-9,18H,5,10-17H2. The zero-order valence-electron chi connectivity index (χ0n) is 18.9. The first-order valence-corrected chi connectivity index (χ1v) is 12.4. The molecule has 2 amide bonds. The second-order valence-electron chi connectivity index (χ2n) is 8.62. The van der Waals surface area contributed by atoms with Crippen molar-refractivity contribution in [3.63, 3.8) is 0 Å². The zero-order valence-corrected chi connectivity index (χ0v) is 19.7. The van der Waals surface area contributed by atoms with Crippen LogP contribution in [-0.2, 0) is 14.3 Å². The third-order valence-electron chi connectivity index (χ3n) is 6.36. The number of morpholine rings is 1. The van der Waals surface area contributed by atoms with Crippen LogP contribution in [0, 0.1) is 11.7 Å². The fourth-order valence-corrected chi connectivity index (χ4v) is 5.56. The Labute approximate surface area is 201 Å². The van der Waals surface area contributed by atoms with Gasteiger partial charge in [0.25, 0.3) is 0 Å². The maximum Gasteiger partial charge on any atom is 0.234 e. The van der Waals surface area contributed by atoms with Gasteiger partial charge in [-0.3, -0.25) is 19.4 Å². The predicted molar refractivity (Wildman–Crippen MR) is 131 cm³/mol. The average Bonchev–Trinajstić information content (AvgIpc) is 3.47. The van der Waals surface area contributed by atoms with Crippen LogP contribution in [0.5, 0.6) is 0 Å². The van der Waals surface area contributed by atoms with Gasteiger partial charge in [-0.15, -0.1) is 0 Å². The molecule has 1 aromatic heterocycles. The van der Waals surface area contributed by atoms with Gasteiger partial charge in [0.2, 0.25) is 11.8 Å². The van der Waals surface area contributed by atoms with Crippen molar-refractivity contribution in [1.82, 2.24) is 9.88 Å². The lowest BCUT2D eigenvalue weighted by Gasteiger charge is -2.28. The number of nitrogens with zero attached hydrogens (tertiary/aromatic N) is 4. The minimum Gasteiger partial charge on any atom is -0.379 e. The number of carbonyl (C=O) groups excluding carboxylic acids is 2. The number of thiazole rings is 1. The van der Waals surface area contributed by atoms with Crippen LogP contribution in [0.4, 0.5) is 15.2 Å². The molecule has 1 unspecified atom stereocenters. The number of aromatic nitrogens is 1. The Morgan fingerprint density at radius 1 is 1.15 bits per heavy atom. The summed E-state index contributed by atoms with van der Waals surface area (Å²) in [4.78, 5) is 36.6. The summed E-state index contributed by atoms with van der Waals surface area (Å²) < 4.78 is 20.4. The molecule has 0 saturated carbocycles. The predicted octanol–water partition coefficient (Wildman–Crippen LogP) is 3.54. The van der Waals surface area contributed by atoms with Gasteiger partial charge < -0.3 is 9.64 Å². The zero-order chi connectivity index (χ0) is 23.5. The average molecular weight is 483 g/mol. The normalized spacial score (nSPS) is 19.1. The van der Waals surface area contributed by atoms with Crippen LogP contribution in [0.15, 0.2) is 48.5 Å². The minimum absolute atomic E-state index is 0.0619. The van der Waals surface area contributed by atoms with Crippen LogP contribution in [0.1, 0.15) is 12.8 Å². The molecule has 0 spiro atoms. The van der Waals surface area contributed by atoms with Gasteiger partial charge in [0.1, 0.15) is 11.3 Å². The molecule has 1 atom stereocenters. The Balaban J connectivity index is 1.36. The highest BCUT2D eigenvalue weighted by molar-refractivity contribution is 7.22. The van der Waals surface area contributed by atoms with Crippen LogP contribution in [0.25, 0.3) is 10.2 Å². The van der Waals surface area contributed by atoms with E-state index in [-0.39, 0.29) is 23.8 Å². The number of carbonyl (C=O) groups is 2. The number of hydrogen-bond donors (Lipinski definition) is 0. The van der Waals surface area contributed by atoms with E-state index in [1.165, 1.54) is 17.4 Å². The second-order valence-corrected chi connectivity index (χ2v) is 9.63. The number of ether oxygens (including phenoxy) is 1. The van der Waals surface area contributed by atoms with Crippen LogP contribution < -0.4 is 9.80 Å². The molecule has 0 N–H and O–H groups in total. The van der Waals surface area contributed by atoms with Crippen molar-refractivity contribution in [1.29, 1.82) is 0 Å². The van der Waals surface area contributed by atoms with E-state index in [2.05, 4.69) is 9.88 Å². The Hall–Kier alpha value is -2.88. The first-order chi connectivity index (χ1) is 16.6. The fourth-order valence-electron chi connectivity index (χ4n) is 4.55. The molecule has 2 saturated heterocycles. The molecule has 2 aliphatic rings. The summed E-state index contributed by atoms with van der Waals surface area (Å²) in [5, 5.41) is 0.484. The first kappa shape index (κ1) is 22.9. The number of hydrogen-bond acceptors (Lipinski definition) is 6. The highest BCUT2D eigenvalue weighted by Crippen LogP contribution is 2.33. The van der Waals surface area contributed by atoms with E-state index in [9.17, 15) is 14.0 Å². The summed E-state index contributed by atoms with van der Waals surface area (Å²) >= 11 is 1.31. The fraction of sp³-hybridized carbons (Fsp3) is 0.400. The van der Waals surface area contributed by atoms with Crippen molar-refractivity contribution >= 4 is 44.2 Å². The van der Waals surface area contributed by atoms with Crippen molar-refractivity contribution < 1.29 is 18.7 Å². The second kappa shape index (κ2) is 10.2. The molecule has 34 heavy (non-hydrogen) atoms. The van der Waals surface area contributed by atoms with Gasteiger partial charge in [0.15, 0.2) is 5.13 Å². The van der Waals surface area contributed by atoms with Gasteiger partial charge in [-0.25, -0.2) is 9.37 Å². The van der Waals surface area contributed by atoms with E-state index in [0.717, 1.165) is 45.0 Å². The molecule has 0 bridgehead atoms. The quantitative estimate of drug-likeness (QED) is 0.515. The molecular weight excluding hydrogens is 455 g/mol. The molecular formula is C25H27FN4O3S. The molecule has 3 aromatic rings. The number of anilines is 2. The van der Waals surface area contributed by atoms with Crippen LogP contribution in [0.2, 0.25) is 0 Å². The third-order valence-corrected chi connectivity index (χ3v) is 7.40. The van der Waals surface area contributed by atoms with Crippen LogP contribution >= 0.6 is 11.3 Å². The van der Waals surface area contributed by atoms with E-state index in [1.807, 2.05) is 36.4 Å². The minimum atomic E-state index is -0.465. The first-order valence-electron chi connectivity index (χ1n) is 11.6. The molecule has 0 radical (unpaired) electrons. The van der Waals surface area contributed by atoms with Crippen molar-refractivity contribution in [2.24, 2.45) is 5.92 Å².